The van der Waals surface area contributed by atoms with Crippen molar-refractivity contribution in [2.45, 2.75) is 25.0 Å². The maximum atomic E-state index is 12.8. The van der Waals surface area contributed by atoms with Gasteiger partial charge in [-0.3, -0.25) is 14.4 Å². The van der Waals surface area contributed by atoms with Gasteiger partial charge < -0.3 is 20.1 Å². The number of nitrogens with one attached hydrogen (secondary N) is 1. The van der Waals surface area contributed by atoms with E-state index in [-0.39, 0.29) is 24.8 Å². The minimum atomic E-state index is -0.972. The second kappa shape index (κ2) is 6.75. The Bertz CT molecular complexity index is 926. The summed E-state index contributed by atoms with van der Waals surface area (Å²) in [4.78, 5) is 38.1. The number of aliphatic carboxylic acids is 1. The Hall–Kier alpha value is -3.35. The fraction of sp³-hybridized carbons (Fsp3) is 0.250. The zero-order valence-corrected chi connectivity index (χ0v) is 14.4. The van der Waals surface area contributed by atoms with Gasteiger partial charge in [-0.15, -0.1) is 0 Å². The molecule has 0 saturated carbocycles. The Labute approximate surface area is 155 Å². The lowest BCUT2D eigenvalue weighted by molar-refractivity contribution is -0.143. The molecule has 4 rings (SSSR count). The van der Waals surface area contributed by atoms with Crippen LogP contribution in [0.2, 0.25) is 0 Å². The predicted molar refractivity (Wildman–Crippen MR) is 96.3 cm³/mol. The Morgan fingerprint density at radius 1 is 1.15 bits per heavy atom. The number of carbonyl (C=O) groups is 3. The van der Waals surface area contributed by atoms with E-state index < -0.39 is 18.0 Å². The van der Waals surface area contributed by atoms with Crippen molar-refractivity contribution >= 4 is 23.5 Å². The van der Waals surface area contributed by atoms with E-state index in [1.54, 1.807) is 36.4 Å². The number of amides is 2. The maximum Gasteiger partial charge on any atom is 0.312 e. The minimum Gasteiger partial charge on any atom is -0.481 e. The van der Waals surface area contributed by atoms with Crippen molar-refractivity contribution in [2.75, 3.05) is 11.9 Å². The van der Waals surface area contributed by atoms with E-state index >= 15 is 0 Å². The third kappa shape index (κ3) is 3.23. The SMILES string of the molecule is O=C1Nc2ccccc2OC1CC(=O)N1Cc2ccccc2C(C(=O)O)C1. The van der Waals surface area contributed by atoms with Crippen molar-refractivity contribution in [2.24, 2.45) is 0 Å². The van der Waals surface area contributed by atoms with Crippen LogP contribution in [0.4, 0.5) is 5.69 Å². The summed E-state index contributed by atoms with van der Waals surface area (Å²) in [5, 5.41) is 12.3. The molecule has 138 valence electrons. The van der Waals surface area contributed by atoms with Crippen LogP contribution in [0.15, 0.2) is 48.5 Å². The molecule has 0 fully saturated rings. The maximum absolute atomic E-state index is 12.8. The molecule has 27 heavy (non-hydrogen) atoms. The summed E-state index contributed by atoms with van der Waals surface area (Å²) in [5.74, 6) is -1.92. The van der Waals surface area contributed by atoms with Crippen molar-refractivity contribution in [3.8, 4) is 5.75 Å². The molecular formula is C20H18N2O5. The van der Waals surface area contributed by atoms with E-state index in [0.717, 1.165) is 11.1 Å². The van der Waals surface area contributed by atoms with Crippen LogP contribution in [-0.4, -0.2) is 40.4 Å². The molecule has 2 amide bonds. The largest absolute Gasteiger partial charge is 0.481 e. The molecule has 2 heterocycles. The van der Waals surface area contributed by atoms with E-state index in [0.29, 0.717) is 18.0 Å². The molecule has 2 atom stereocenters. The van der Waals surface area contributed by atoms with Crippen LogP contribution in [0.5, 0.6) is 5.75 Å². The molecule has 2 N–H and O–H groups in total. The van der Waals surface area contributed by atoms with Crippen molar-refractivity contribution in [1.29, 1.82) is 0 Å². The molecule has 2 unspecified atom stereocenters. The molecule has 0 aliphatic carbocycles. The first-order valence-electron chi connectivity index (χ1n) is 8.68. The van der Waals surface area contributed by atoms with Gasteiger partial charge in [-0.1, -0.05) is 36.4 Å². The van der Waals surface area contributed by atoms with Gasteiger partial charge >= 0.3 is 5.97 Å². The predicted octanol–water partition coefficient (Wildman–Crippen LogP) is 1.99. The number of fused-ring (bicyclic) bond motifs is 2. The number of carbonyl (C=O) groups excluding carboxylic acids is 2. The quantitative estimate of drug-likeness (QED) is 0.866. The first-order chi connectivity index (χ1) is 13.0. The number of carboxylic acids is 1. The average molecular weight is 366 g/mol. The van der Waals surface area contributed by atoms with Gasteiger partial charge in [0.2, 0.25) is 5.91 Å². The zero-order valence-electron chi connectivity index (χ0n) is 14.4. The number of rotatable bonds is 3. The minimum absolute atomic E-state index is 0.0795. The van der Waals surface area contributed by atoms with E-state index in [1.807, 2.05) is 12.1 Å². The molecule has 0 bridgehead atoms. The smallest absolute Gasteiger partial charge is 0.312 e. The summed E-state index contributed by atoms with van der Waals surface area (Å²) in [6, 6.07) is 14.2. The number of carboxylic acid groups (broad SMARTS) is 1. The Balaban J connectivity index is 1.51. The highest BCUT2D eigenvalue weighted by atomic mass is 16.5. The van der Waals surface area contributed by atoms with Gasteiger partial charge in [0.25, 0.3) is 5.91 Å². The van der Waals surface area contributed by atoms with Crippen molar-refractivity contribution in [3.05, 3.63) is 59.7 Å². The fourth-order valence-corrected chi connectivity index (χ4v) is 3.52. The average Bonchev–Trinajstić information content (AvgIpc) is 2.67. The van der Waals surface area contributed by atoms with Gasteiger partial charge in [0.15, 0.2) is 6.10 Å². The highest BCUT2D eigenvalue weighted by Gasteiger charge is 2.35. The molecule has 7 nitrogen and oxygen atoms in total. The number of para-hydroxylation sites is 2. The molecule has 0 spiro atoms. The van der Waals surface area contributed by atoms with E-state index in [2.05, 4.69) is 5.32 Å². The Morgan fingerprint density at radius 2 is 1.89 bits per heavy atom. The van der Waals surface area contributed by atoms with Crippen LogP contribution in [0.1, 0.15) is 23.5 Å². The molecule has 2 aromatic rings. The second-order valence-corrected chi connectivity index (χ2v) is 6.66. The molecule has 2 aromatic carbocycles. The molecule has 0 radical (unpaired) electrons. The molecule has 2 aliphatic heterocycles. The van der Waals surface area contributed by atoms with Crippen LogP contribution in [0.25, 0.3) is 0 Å². The number of hydrogen-bond acceptors (Lipinski definition) is 4. The number of benzene rings is 2. The van der Waals surface area contributed by atoms with Crippen molar-refractivity contribution < 1.29 is 24.2 Å². The lowest BCUT2D eigenvalue weighted by Crippen LogP contribution is -2.45. The van der Waals surface area contributed by atoms with Gasteiger partial charge in [-0.25, -0.2) is 0 Å². The first-order valence-corrected chi connectivity index (χ1v) is 8.68. The standard InChI is InChI=1S/C20H18N2O5/c23-18(9-17-19(24)21-15-7-3-4-8-16(15)27-17)22-10-12-5-1-2-6-13(12)14(11-22)20(25)26/h1-8,14,17H,9-11H2,(H,21,24)(H,25,26). The Kier molecular flexibility index (Phi) is 4.27. The van der Waals surface area contributed by atoms with E-state index in [1.165, 1.54) is 4.90 Å². The normalized spacial score (nSPS) is 20.7. The van der Waals surface area contributed by atoms with Crippen LogP contribution < -0.4 is 10.1 Å². The van der Waals surface area contributed by atoms with Gasteiger partial charge in [0.05, 0.1) is 18.0 Å². The van der Waals surface area contributed by atoms with Crippen molar-refractivity contribution in [3.63, 3.8) is 0 Å². The van der Waals surface area contributed by atoms with Gasteiger partial charge in [0, 0.05) is 13.1 Å². The van der Waals surface area contributed by atoms with Gasteiger partial charge in [-0.2, -0.15) is 0 Å². The number of ether oxygens (including phenoxy) is 1. The number of hydrogen-bond donors (Lipinski definition) is 2. The highest BCUT2D eigenvalue weighted by molar-refractivity contribution is 6.00. The summed E-state index contributed by atoms with van der Waals surface area (Å²) in [6.07, 6.45) is -1.08. The third-order valence-electron chi connectivity index (χ3n) is 4.91. The summed E-state index contributed by atoms with van der Waals surface area (Å²) in [7, 11) is 0. The zero-order chi connectivity index (χ0) is 19.0. The van der Waals surface area contributed by atoms with Gasteiger partial charge in [-0.05, 0) is 23.3 Å². The fourth-order valence-electron chi connectivity index (χ4n) is 3.52. The second-order valence-electron chi connectivity index (χ2n) is 6.66. The topological polar surface area (TPSA) is 95.9 Å². The van der Waals surface area contributed by atoms with Crippen LogP contribution in [-0.2, 0) is 20.9 Å². The molecular weight excluding hydrogens is 348 g/mol. The van der Waals surface area contributed by atoms with Gasteiger partial charge in [0.1, 0.15) is 5.75 Å². The summed E-state index contributed by atoms with van der Waals surface area (Å²) in [6.45, 7) is 0.403. The lowest BCUT2D eigenvalue weighted by Gasteiger charge is -2.34. The van der Waals surface area contributed by atoms with E-state index in [9.17, 15) is 19.5 Å². The monoisotopic (exact) mass is 366 g/mol. The molecule has 0 saturated heterocycles. The van der Waals surface area contributed by atoms with Crippen LogP contribution in [0.3, 0.4) is 0 Å². The first kappa shape index (κ1) is 17.1. The number of anilines is 1. The summed E-state index contributed by atoms with van der Waals surface area (Å²) < 4.78 is 5.67. The summed E-state index contributed by atoms with van der Waals surface area (Å²) >= 11 is 0. The Morgan fingerprint density at radius 3 is 2.70 bits per heavy atom. The molecule has 0 aromatic heterocycles. The number of nitrogens with zero attached hydrogens (tertiary/aromatic N) is 1. The lowest BCUT2D eigenvalue weighted by atomic mass is 9.89. The highest BCUT2D eigenvalue weighted by Crippen LogP contribution is 2.31. The van der Waals surface area contributed by atoms with E-state index in [4.69, 9.17) is 4.74 Å². The van der Waals surface area contributed by atoms with Crippen molar-refractivity contribution in [1.82, 2.24) is 4.90 Å². The molecule has 2 aliphatic rings. The molecule has 7 heteroatoms. The van der Waals surface area contributed by atoms with Crippen LogP contribution in [0, 0.1) is 0 Å². The summed E-state index contributed by atoms with van der Waals surface area (Å²) in [5.41, 5.74) is 2.11. The van der Waals surface area contributed by atoms with Crippen LogP contribution >= 0.6 is 0 Å². The third-order valence-corrected chi connectivity index (χ3v) is 4.91.